The molecule has 0 aromatic carbocycles. The van der Waals surface area contributed by atoms with Gasteiger partial charge in [-0.05, 0) is 81.0 Å². The maximum absolute atomic E-state index is 2.41. The van der Waals surface area contributed by atoms with Gasteiger partial charge in [0.1, 0.15) is 0 Å². The second-order valence-corrected chi connectivity index (χ2v) is 4.13. The van der Waals surface area contributed by atoms with E-state index in [9.17, 15) is 0 Å². The Kier molecular flexibility index (Phi) is 12.7. The van der Waals surface area contributed by atoms with Crippen molar-refractivity contribution in [2.24, 2.45) is 0 Å². The topological polar surface area (TPSA) is 0 Å². The third kappa shape index (κ3) is 9.00. The smallest absolute Gasteiger partial charge is 0.0864 e. The number of hydrogen-bond acceptors (Lipinski definition) is 0. The summed E-state index contributed by atoms with van der Waals surface area (Å²) in [6, 6.07) is 0. The summed E-state index contributed by atoms with van der Waals surface area (Å²) < 4.78 is 1.27. The molecule has 2 aliphatic carbocycles. The Morgan fingerprint density at radius 3 is 1.67 bits per heavy atom. The minimum absolute atomic E-state index is 0. The van der Waals surface area contributed by atoms with Gasteiger partial charge in [0, 0.05) is 0 Å². The van der Waals surface area contributed by atoms with Crippen molar-refractivity contribution < 1.29 is 17.1 Å². The van der Waals surface area contributed by atoms with Gasteiger partial charge < -0.3 is 0 Å². The largest absolute Gasteiger partial charge is 2.00 e. The molecular weight excluding hydrogens is 339 g/mol. The van der Waals surface area contributed by atoms with Crippen molar-refractivity contribution in [3.63, 3.8) is 0 Å². The fourth-order valence-electron chi connectivity index (χ4n) is 1.17. The zero-order valence-electron chi connectivity index (χ0n) is 8.55. The predicted molar refractivity (Wildman–Crippen MR) is 70.1 cm³/mol. The molecule has 0 amide bonds. The third-order valence-corrected chi connectivity index (χ3v) is 2.65. The first-order valence-electron chi connectivity index (χ1n) is 4.86. The van der Waals surface area contributed by atoms with Gasteiger partial charge in [-0.1, -0.05) is 22.6 Å². The van der Waals surface area contributed by atoms with Crippen LogP contribution in [0.3, 0.4) is 0 Å². The van der Waals surface area contributed by atoms with Crippen molar-refractivity contribution in [1.29, 1.82) is 0 Å². The summed E-state index contributed by atoms with van der Waals surface area (Å²) in [5.41, 5.74) is 0. The second-order valence-electron chi connectivity index (χ2n) is 3.05. The van der Waals surface area contributed by atoms with Crippen molar-refractivity contribution in [3.05, 3.63) is 63.7 Å². The molecule has 80 valence electrons. The molecule has 0 atom stereocenters. The quantitative estimate of drug-likeness (QED) is 0.413. The summed E-state index contributed by atoms with van der Waals surface area (Å²) in [5.74, 6) is 1.48. The van der Waals surface area contributed by atoms with Gasteiger partial charge in [-0.15, -0.1) is 0 Å². The Hall–Kier alpha value is 1.25. The minimum Gasteiger partial charge on any atom is -0.0864 e. The zero-order valence-corrected chi connectivity index (χ0v) is 11.8. The molecule has 0 spiro atoms. The molecular formula is C13H15FeI+2. The molecule has 0 aromatic heterocycles. The van der Waals surface area contributed by atoms with Crippen LogP contribution in [0.25, 0.3) is 0 Å². The Morgan fingerprint density at radius 1 is 0.800 bits per heavy atom. The van der Waals surface area contributed by atoms with E-state index in [1.54, 1.807) is 0 Å². The number of halogens is 1. The summed E-state index contributed by atoms with van der Waals surface area (Å²) in [6.07, 6.45) is 21.1. The molecule has 15 heavy (non-hydrogen) atoms. The van der Waals surface area contributed by atoms with Crippen LogP contribution < -0.4 is 0 Å². The standard InChI is InChI=1S/C8H10I.C5H5.Fe/c9-7-3-6-8-4-1-2-5-8;1-2-4-5-3-1;/h1-2,4-5H,3,6-7H2;1-5H;/q;;+2. The maximum Gasteiger partial charge on any atom is 2.00 e. The second kappa shape index (κ2) is 11.7. The van der Waals surface area contributed by atoms with Gasteiger partial charge in [0.05, 0.1) is 0 Å². The van der Waals surface area contributed by atoms with Crippen molar-refractivity contribution >= 4 is 22.6 Å². The van der Waals surface area contributed by atoms with E-state index < -0.39 is 0 Å². The summed E-state index contributed by atoms with van der Waals surface area (Å²) in [6.45, 7) is 0. The van der Waals surface area contributed by atoms with Crippen molar-refractivity contribution in [3.8, 4) is 0 Å². The Bertz CT molecular complexity index is 110. The van der Waals surface area contributed by atoms with E-state index in [1.807, 2.05) is 32.1 Å². The monoisotopic (exact) mass is 354 g/mol. The maximum atomic E-state index is 2.41. The molecule has 0 aromatic rings. The fourth-order valence-corrected chi connectivity index (χ4v) is 1.55. The summed E-state index contributed by atoms with van der Waals surface area (Å²) in [4.78, 5) is 0. The first kappa shape index (κ1) is 16.2. The van der Waals surface area contributed by atoms with Gasteiger partial charge in [-0.2, -0.15) is 0 Å². The van der Waals surface area contributed by atoms with Gasteiger partial charge in [0.25, 0.3) is 0 Å². The van der Waals surface area contributed by atoms with Gasteiger partial charge >= 0.3 is 17.1 Å². The minimum atomic E-state index is 0. The molecule has 0 N–H and O–H groups in total. The van der Waals surface area contributed by atoms with Crippen LogP contribution in [0.4, 0.5) is 0 Å². The predicted octanol–water partition coefficient (Wildman–Crippen LogP) is 3.63. The van der Waals surface area contributed by atoms with E-state index in [2.05, 4.69) is 48.3 Å². The van der Waals surface area contributed by atoms with E-state index in [0.717, 1.165) is 0 Å². The molecule has 0 nitrogen and oxygen atoms in total. The first-order valence-corrected chi connectivity index (χ1v) is 6.39. The summed E-state index contributed by atoms with van der Waals surface area (Å²) in [7, 11) is 0. The molecule has 2 rings (SSSR count). The molecule has 2 fully saturated rings. The summed E-state index contributed by atoms with van der Waals surface area (Å²) >= 11 is 2.41. The Morgan fingerprint density at radius 2 is 1.27 bits per heavy atom. The van der Waals surface area contributed by atoms with Gasteiger partial charge in [-0.3, -0.25) is 0 Å². The number of hydrogen-bond donors (Lipinski definition) is 0. The molecule has 2 saturated carbocycles. The van der Waals surface area contributed by atoms with Crippen molar-refractivity contribution in [1.82, 2.24) is 0 Å². The fraction of sp³-hybridized carbons (Fsp3) is 0.231. The van der Waals surface area contributed by atoms with Crippen LogP contribution >= 0.6 is 22.6 Å². The van der Waals surface area contributed by atoms with Crippen molar-refractivity contribution in [2.45, 2.75) is 12.8 Å². The number of alkyl halides is 1. The normalized spacial score (nSPS) is 20.6. The molecule has 2 aliphatic rings. The van der Waals surface area contributed by atoms with Crippen LogP contribution in [-0.2, 0) is 17.1 Å². The summed E-state index contributed by atoms with van der Waals surface area (Å²) in [5, 5.41) is 0. The molecule has 10 radical (unpaired) electrons. The Labute approximate surface area is 120 Å². The zero-order chi connectivity index (χ0) is 10.1. The van der Waals surface area contributed by atoms with Gasteiger partial charge in [-0.25, -0.2) is 0 Å². The third-order valence-electron chi connectivity index (χ3n) is 1.89. The van der Waals surface area contributed by atoms with Crippen LogP contribution in [-0.4, -0.2) is 4.43 Å². The molecule has 2 heteroatoms. The van der Waals surface area contributed by atoms with Gasteiger partial charge in [0.2, 0.25) is 0 Å². The molecule has 0 aliphatic heterocycles. The molecule has 0 saturated heterocycles. The van der Waals surface area contributed by atoms with E-state index >= 15 is 0 Å². The van der Waals surface area contributed by atoms with E-state index in [1.165, 1.54) is 23.2 Å². The first-order chi connectivity index (χ1) is 6.93. The van der Waals surface area contributed by atoms with Crippen molar-refractivity contribution in [2.75, 3.05) is 4.43 Å². The Balaban J connectivity index is 0.000000280. The SMILES string of the molecule is ICCC[C]1[CH][CH][CH][CH]1.[CH]1[CH][CH][CH][CH]1.[Fe+2]. The molecule has 0 bridgehead atoms. The van der Waals surface area contributed by atoms with Crippen LogP contribution in [0.1, 0.15) is 12.8 Å². The van der Waals surface area contributed by atoms with Crippen LogP contribution in [0, 0.1) is 63.7 Å². The van der Waals surface area contributed by atoms with E-state index in [4.69, 9.17) is 0 Å². The van der Waals surface area contributed by atoms with E-state index in [-0.39, 0.29) is 17.1 Å². The number of rotatable bonds is 3. The average Bonchev–Trinajstić information content (AvgIpc) is 2.90. The van der Waals surface area contributed by atoms with Crippen LogP contribution in [0.2, 0.25) is 0 Å². The molecule has 0 unspecified atom stereocenters. The van der Waals surface area contributed by atoms with E-state index in [0.29, 0.717) is 0 Å². The van der Waals surface area contributed by atoms with Crippen LogP contribution in [0.15, 0.2) is 0 Å². The molecule has 0 heterocycles. The average molecular weight is 354 g/mol. The van der Waals surface area contributed by atoms with Crippen LogP contribution in [0.5, 0.6) is 0 Å². The van der Waals surface area contributed by atoms with Gasteiger partial charge in [0.15, 0.2) is 0 Å².